The number of nitrogens with zero attached hydrogens (tertiary/aromatic N) is 1. The fourth-order valence-electron chi connectivity index (χ4n) is 2.51. The van der Waals surface area contributed by atoms with Crippen LogP contribution >= 0.6 is 15.9 Å². The van der Waals surface area contributed by atoms with Crippen molar-refractivity contribution in [1.82, 2.24) is 5.32 Å². The number of ether oxygens (including phenoxy) is 1. The van der Waals surface area contributed by atoms with Gasteiger partial charge in [-0.05, 0) is 30.3 Å². The zero-order valence-electron chi connectivity index (χ0n) is 14.3. The Labute approximate surface area is 166 Å². The maximum Gasteiger partial charge on any atom is 0.265 e. The molecule has 28 heavy (non-hydrogen) atoms. The fraction of sp³-hybridized carbons (Fsp3) is 0.167. The SMILES string of the molecule is O=C(CN1C(=O)COc2cc(Br)ccc21)NCC(=O)Nc1ccc(F)c(F)c1. The minimum absolute atomic E-state index is 0.0565. The van der Waals surface area contributed by atoms with Gasteiger partial charge in [0.25, 0.3) is 5.91 Å². The lowest BCUT2D eigenvalue weighted by Crippen LogP contribution is -2.46. The lowest BCUT2D eigenvalue weighted by Gasteiger charge is -2.28. The van der Waals surface area contributed by atoms with E-state index in [0.717, 1.165) is 16.6 Å². The van der Waals surface area contributed by atoms with Gasteiger partial charge in [-0.2, -0.15) is 0 Å². The number of rotatable bonds is 5. The summed E-state index contributed by atoms with van der Waals surface area (Å²) < 4.78 is 32.1. The highest BCUT2D eigenvalue weighted by Crippen LogP contribution is 2.34. The lowest BCUT2D eigenvalue weighted by molar-refractivity contribution is -0.126. The topological polar surface area (TPSA) is 87.7 Å². The van der Waals surface area contributed by atoms with Crippen LogP contribution in [0.25, 0.3) is 0 Å². The summed E-state index contributed by atoms with van der Waals surface area (Å²) in [6, 6.07) is 7.93. The smallest absolute Gasteiger partial charge is 0.265 e. The molecule has 0 spiro atoms. The van der Waals surface area contributed by atoms with Gasteiger partial charge in [0.15, 0.2) is 18.2 Å². The highest BCUT2D eigenvalue weighted by atomic mass is 79.9. The number of anilines is 2. The summed E-state index contributed by atoms with van der Waals surface area (Å²) >= 11 is 3.30. The molecule has 0 aliphatic carbocycles. The van der Waals surface area contributed by atoms with Crippen LogP contribution in [-0.4, -0.2) is 37.4 Å². The van der Waals surface area contributed by atoms with E-state index in [1.54, 1.807) is 18.2 Å². The number of carbonyl (C=O) groups is 3. The van der Waals surface area contributed by atoms with Crippen molar-refractivity contribution in [1.29, 1.82) is 0 Å². The summed E-state index contributed by atoms with van der Waals surface area (Å²) in [5.41, 5.74) is 0.502. The zero-order chi connectivity index (χ0) is 20.3. The van der Waals surface area contributed by atoms with Crippen molar-refractivity contribution in [3.8, 4) is 5.75 Å². The molecule has 2 aromatic carbocycles. The second kappa shape index (κ2) is 8.34. The standard InChI is InChI=1S/C18H14BrF2N3O4/c19-10-1-4-14-15(5-10)28-9-18(27)24(14)8-17(26)22-7-16(25)23-11-2-3-12(20)13(21)6-11/h1-6H,7-9H2,(H,22,26)(H,23,25). The van der Waals surface area contributed by atoms with Gasteiger partial charge in [-0.25, -0.2) is 8.78 Å². The molecule has 0 fully saturated rings. The molecule has 0 aromatic heterocycles. The van der Waals surface area contributed by atoms with E-state index in [-0.39, 0.29) is 18.8 Å². The Hall–Kier alpha value is -3.01. The van der Waals surface area contributed by atoms with Crippen LogP contribution in [0.1, 0.15) is 0 Å². The molecule has 1 aliphatic heterocycles. The largest absolute Gasteiger partial charge is 0.482 e. The molecule has 0 atom stereocenters. The summed E-state index contributed by atoms with van der Waals surface area (Å²) in [5, 5.41) is 4.71. The molecule has 0 saturated heterocycles. The van der Waals surface area contributed by atoms with E-state index in [2.05, 4.69) is 26.6 Å². The first-order chi connectivity index (χ1) is 13.3. The van der Waals surface area contributed by atoms with Crippen LogP contribution in [-0.2, 0) is 14.4 Å². The Morgan fingerprint density at radius 2 is 1.89 bits per heavy atom. The Balaban J connectivity index is 1.56. The molecule has 7 nitrogen and oxygen atoms in total. The molecule has 0 unspecified atom stereocenters. The van der Waals surface area contributed by atoms with E-state index in [9.17, 15) is 23.2 Å². The fourth-order valence-corrected chi connectivity index (χ4v) is 2.85. The van der Waals surface area contributed by atoms with Gasteiger partial charge in [-0.1, -0.05) is 15.9 Å². The highest BCUT2D eigenvalue weighted by Gasteiger charge is 2.27. The van der Waals surface area contributed by atoms with Crippen LogP contribution < -0.4 is 20.3 Å². The molecule has 3 amide bonds. The van der Waals surface area contributed by atoms with Gasteiger partial charge in [0.05, 0.1) is 12.2 Å². The van der Waals surface area contributed by atoms with E-state index in [4.69, 9.17) is 4.74 Å². The Morgan fingerprint density at radius 1 is 1.11 bits per heavy atom. The monoisotopic (exact) mass is 453 g/mol. The van der Waals surface area contributed by atoms with Crippen molar-refractivity contribution in [2.75, 3.05) is 29.9 Å². The zero-order valence-corrected chi connectivity index (χ0v) is 15.9. The van der Waals surface area contributed by atoms with Gasteiger partial charge >= 0.3 is 0 Å². The highest BCUT2D eigenvalue weighted by molar-refractivity contribution is 9.10. The number of fused-ring (bicyclic) bond motifs is 1. The molecule has 1 aliphatic rings. The molecule has 2 N–H and O–H groups in total. The number of hydrogen-bond donors (Lipinski definition) is 2. The van der Waals surface area contributed by atoms with Crippen LogP contribution in [0.4, 0.5) is 20.2 Å². The van der Waals surface area contributed by atoms with E-state index >= 15 is 0 Å². The van der Waals surface area contributed by atoms with Crippen LogP contribution in [0.2, 0.25) is 0 Å². The summed E-state index contributed by atoms with van der Waals surface area (Å²) in [4.78, 5) is 37.3. The van der Waals surface area contributed by atoms with E-state index in [1.807, 2.05) is 0 Å². The third kappa shape index (κ3) is 4.63. The predicted octanol–water partition coefficient (Wildman–Crippen LogP) is 2.21. The van der Waals surface area contributed by atoms with Gasteiger partial charge in [0, 0.05) is 16.2 Å². The molecule has 0 bridgehead atoms. The average molecular weight is 454 g/mol. The molecule has 0 saturated carbocycles. The van der Waals surface area contributed by atoms with E-state index < -0.39 is 35.9 Å². The van der Waals surface area contributed by atoms with Crippen LogP contribution in [0, 0.1) is 11.6 Å². The van der Waals surface area contributed by atoms with Crippen molar-refractivity contribution in [3.63, 3.8) is 0 Å². The number of amides is 3. The third-order valence-corrected chi connectivity index (χ3v) is 4.31. The van der Waals surface area contributed by atoms with Crippen LogP contribution in [0.15, 0.2) is 40.9 Å². The minimum Gasteiger partial charge on any atom is -0.482 e. The number of nitrogens with one attached hydrogen (secondary N) is 2. The van der Waals surface area contributed by atoms with Crippen LogP contribution in [0.3, 0.4) is 0 Å². The Kier molecular flexibility index (Phi) is 5.88. The second-order valence-corrected chi connectivity index (χ2v) is 6.75. The van der Waals surface area contributed by atoms with E-state index in [0.29, 0.717) is 11.4 Å². The number of halogens is 3. The number of carbonyl (C=O) groups excluding carboxylic acids is 3. The summed E-state index contributed by atoms with van der Waals surface area (Å²) in [6.45, 7) is -0.897. The van der Waals surface area contributed by atoms with Crippen molar-refractivity contribution in [3.05, 3.63) is 52.5 Å². The summed E-state index contributed by atoms with van der Waals surface area (Å²) in [6.07, 6.45) is 0. The molecule has 1 heterocycles. The van der Waals surface area contributed by atoms with E-state index in [1.165, 1.54) is 11.0 Å². The van der Waals surface area contributed by atoms with Gasteiger partial charge in [0.1, 0.15) is 12.3 Å². The number of benzene rings is 2. The van der Waals surface area contributed by atoms with Crippen LogP contribution in [0.5, 0.6) is 5.75 Å². The first-order valence-corrected chi connectivity index (χ1v) is 8.87. The quantitative estimate of drug-likeness (QED) is 0.726. The first-order valence-electron chi connectivity index (χ1n) is 8.08. The maximum atomic E-state index is 13.1. The second-order valence-electron chi connectivity index (χ2n) is 5.83. The van der Waals surface area contributed by atoms with Gasteiger partial charge in [0.2, 0.25) is 11.8 Å². The molecule has 146 valence electrons. The summed E-state index contributed by atoms with van der Waals surface area (Å²) in [5.74, 6) is -3.26. The Morgan fingerprint density at radius 3 is 2.64 bits per heavy atom. The molecular weight excluding hydrogens is 440 g/mol. The molecule has 3 rings (SSSR count). The molecular formula is C18H14BrF2N3O4. The summed E-state index contributed by atoms with van der Waals surface area (Å²) in [7, 11) is 0. The molecule has 10 heteroatoms. The van der Waals surface area contributed by atoms with Gasteiger partial charge in [-0.3, -0.25) is 19.3 Å². The normalized spacial score (nSPS) is 12.8. The molecule has 2 aromatic rings. The third-order valence-electron chi connectivity index (χ3n) is 3.82. The van der Waals surface area contributed by atoms with Crippen molar-refractivity contribution in [2.24, 2.45) is 0 Å². The average Bonchev–Trinajstić information content (AvgIpc) is 2.65. The van der Waals surface area contributed by atoms with Crippen molar-refractivity contribution < 1.29 is 27.9 Å². The van der Waals surface area contributed by atoms with Gasteiger partial charge < -0.3 is 15.4 Å². The van der Waals surface area contributed by atoms with Crippen molar-refractivity contribution >= 4 is 45.0 Å². The van der Waals surface area contributed by atoms with Crippen molar-refractivity contribution in [2.45, 2.75) is 0 Å². The Bertz CT molecular complexity index is 954. The van der Waals surface area contributed by atoms with Gasteiger partial charge in [-0.15, -0.1) is 0 Å². The minimum atomic E-state index is -1.10. The predicted molar refractivity (Wildman–Crippen MR) is 100.0 cm³/mol. The molecule has 0 radical (unpaired) electrons. The maximum absolute atomic E-state index is 13.1. The number of hydrogen-bond acceptors (Lipinski definition) is 4. The first kappa shape index (κ1) is 19.7. The lowest BCUT2D eigenvalue weighted by atomic mass is 10.2.